The molecule has 2 unspecified atom stereocenters. The summed E-state index contributed by atoms with van der Waals surface area (Å²) in [7, 11) is -1.54. The van der Waals surface area contributed by atoms with Crippen molar-refractivity contribution >= 4 is 21.8 Å². The van der Waals surface area contributed by atoms with Crippen LogP contribution >= 0.6 is 11.8 Å². The molecular weight excluding hydrogens is 320 g/mol. The number of fused-ring (bicyclic) bond motifs is 1. The van der Waals surface area contributed by atoms with Gasteiger partial charge in [-0.15, -0.1) is 0 Å². The Bertz CT molecular complexity index is 615. The lowest BCUT2D eigenvalue weighted by Gasteiger charge is -2.27. The number of hydrogen-bond donors (Lipinski definition) is 2. The van der Waals surface area contributed by atoms with Crippen molar-refractivity contribution in [3.8, 4) is 0 Å². The quantitative estimate of drug-likeness (QED) is 0.808. The van der Waals surface area contributed by atoms with Gasteiger partial charge in [-0.05, 0) is 43.8 Å². The average molecular weight is 345 g/mol. The van der Waals surface area contributed by atoms with Crippen molar-refractivity contribution in [3.05, 3.63) is 29.3 Å². The van der Waals surface area contributed by atoms with Crippen LogP contribution in [0.5, 0.6) is 0 Å². The lowest BCUT2D eigenvalue weighted by atomic mass is 10.0. The van der Waals surface area contributed by atoms with Crippen LogP contribution in [0.3, 0.4) is 0 Å². The van der Waals surface area contributed by atoms with E-state index in [1.807, 2.05) is 19.4 Å². The number of likely N-dealkylation sites (N-methyl/N-ethyl adjacent to an activating group) is 1. The molecule has 2 rings (SSSR count). The van der Waals surface area contributed by atoms with Crippen molar-refractivity contribution in [2.75, 3.05) is 26.5 Å². The van der Waals surface area contributed by atoms with E-state index >= 15 is 0 Å². The molecule has 2 atom stereocenters. The predicted octanol–water partition coefficient (Wildman–Crippen LogP) is 1.07. The average Bonchev–Trinajstić information content (AvgIpc) is 2.47. The maximum absolute atomic E-state index is 12.7. The van der Waals surface area contributed by atoms with E-state index in [2.05, 4.69) is 9.62 Å². The second-order valence-electron chi connectivity index (χ2n) is 5.75. The van der Waals surface area contributed by atoms with E-state index in [1.54, 1.807) is 19.1 Å². The van der Waals surface area contributed by atoms with Gasteiger partial charge in [-0.25, -0.2) is 13.1 Å². The molecule has 0 aromatic heterocycles. The second kappa shape index (κ2) is 7.31. The van der Waals surface area contributed by atoms with Gasteiger partial charge < -0.3 is 10.0 Å². The number of hydrogen-bond acceptors (Lipinski definition) is 5. The molecule has 5 nitrogen and oxygen atoms in total. The van der Waals surface area contributed by atoms with Gasteiger partial charge in [0.15, 0.2) is 0 Å². The third kappa shape index (κ3) is 3.83. The highest BCUT2D eigenvalue weighted by Gasteiger charge is 2.27. The maximum Gasteiger partial charge on any atom is 0.241 e. The van der Waals surface area contributed by atoms with Gasteiger partial charge in [0.1, 0.15) is 0 Å². The van der Waals surface area contributed by atoms with Gasteiger partial charge in [0.2, 0.25) is 10.0 Å². The molecule has 0 amide bonds. The van der Waals surface area contributed by atoms with Crippen molar-refractivity contribution in [2.45, 2.75) is 36.1 Å². The zero-order valence-electron chi connectivity index (χ0n) is 13.2. The fourth-order valence-electron chi connectivity index (χ4n) is 2.79. The van der Waals surface area contributed by atoms with Crippen LogP contribution in [0.1, 0.15) is 18.1 Å². The maximum atomic E-state index is 12.7. The molecule has 0 saturated carbocycles. The third-order valence-corrected chi connectivity index (χ3v) is 6.89. The molecule has 0 saturated heterocycles. The SMILES string of the molecule is CSC(CO)C(C)NS(=O)(=O)c1cccc2c1CCN(C)C2. The molecule has 1 aliphatic heterocycles. The van der Waals surface area contributed by atoms with Crippen LogP contribution in [-0.4, -0.2) is 56.2 Å². The van der Waals surface area contributed by atoms with Gasteiger partial charge in [-0.1, -0.05) is 12.1 Å². The Kier molecular flexibility index (Phi) is 5.90. The first-order chi connectivity index (χ1) is 10.4. The molecule has 0 aliphatic carbocycles. The highest BCUT2D eigenvalue weighted by Crippen LogP contribution is 2.25. The van der Waals surface area contributed by atoms with Gasteiger partial charge in [0.05, 0.1) is 11.5 Å². The topological polar surface area (TPSA) is 69.6 Å². The Morgan fingerprint density at radius 3 is 2.82 bits per heavy atom. The first kappa shape index (κ1) is 17.7. The van der Waals surface area contributed by atoms with Crippen LogP contribution in [0, 0.1) is 0 Å². The van der Waals surface area contributed by atoms with Gasteiger partial charge in [0.25, 0.3) is 0 Å². The largest absolute Gasteiger partial charge is 0.395 e. The molecule has 0 fully saturated rings. The highest BCUT2D eigenvalue weighted by molar-refractivity contribution is 7.99. The third-order valence-electron chi connectivity index (χ3n) is 4.08. The monoisotopic (exact) mass is 344 g/mol. The Labute approximate surface area is 137 Å². The first-order valence-electron chi connectivity index (χ1n) is 7.34. The fourth-order valence-corrected chi connectivity index (χ4v) is 5.10. The second-order valence-corrected chi connectivity index (χ2v) is 8.51. The van der Waals surface area contributed by atoms with E-state index in [9.17, 15) is 13.5 Å². The van der Waals surface area contributed by atoms with Crippen LogP contribution in [0.25, 0.3) is 0 Å². The van der Waals surface area contributed by atoms with Crippen LogP contribution in [-0.2, 0) is 23.0 Å². The Balaban J connectivity index is 2.29. The molecule has 1 aromatic carbocycles. The normalized spacial score (nSPS) is 18.7. The summed E-state index contributed by atoms with van der Waals surface area (Å²) in [5, 5.41) is 9.17. The summed E-state index contributed by atoms with van der Waals surface area (Å²) >= 11 is 1.46. The smallest absolute Gasteiger partial charge is 0.241 e. The van der Waals surface area contributed by atoms with E-state index in [1.165, 1.54) is 11.8 Å². The van der Waals surface area contributed by atoms with E-state index in [0.29, 0.717) is 4.90 Å². The number of aliphatic hydroxyl groups is 1. The Morgan fingerprint density at radius 2 is 2.18 bits per heavy atom. The molecule has 1 heterocycles. The van der Waals surface area contributed by atoms with Crippen molar-refractivity contribution in [1.29, 1.82) is 0 Å². The summed E-state index contributed by atoms with van der Waals surface area (Å²) in [4.78, 5) is 2.56. The van der Waals surface area contributed by atoms with E-state index in [0.717, 1.165) is 30.6 Å². The van der Waals surface area contributed by atoms with Crippen molar-refractivity contribution in [3.63, 3.8) is 0 Å². The molecule has 0 bridgehead atoms. The summed E-state index contributed by atoms with van der Waals surface area (Å²) in [5.74, 6) is 0. The molecule has 7 heteroatoms. The molecule has 1 aromatic rings. The van der Waals surface area contributed by atoms with E-state index < -0.39 is 10.0 Å². The zero-order valence-corrected chi connectivity index (χ0v) is 14.9. The molecule has 1 aliphatic rings. The minimum absolute atomic E-state index is 0.0530. The van der Waals surface area contributed by atoms with Gasteiger partial charge in [-0.3, -0.25) is 0 Å². The molecule has 22 heavy (non-hydrogen) atoms. The first-order valence-corrected chi connectivity index (χ1v) is 10.1. The summed E-state index contributed by atoms with van der Waals surface area (Å²) in [6, 6.07) is 5.14. The minimum Gasteiger partial charge on any atom is -0.395 e. The van der Waals surface area contributed by atoms with Crippen molar-refractivity contribution in [2.24, 2.45) is 0 Å². The summed E-state index contributed by atoms with van der Waals surface area (Å²) in [6.45, 7) is 3.37. The summed E-state index contributed by atoms with van der Waals surface area (Å²) < 4.78 is 28.1. The fraction of sp³-hybridized carbons (Fsp3) is 0.600. The molecule has 0 radical (unpaired) electrons. The number of nitrogens with zero attached hydrogens (tertiary/aromatic N) is 1. The van der Waals surface area contributed by atoms with E-state index in [4.69, 9.17) is 0 Å². The van der Waals surface area contributed by atoms with Crippen LogP contribution in [0.4, 0.5) is 0 Å². The van der Waals surface area contributed by atoms with Crippen LogP contribution in [0.2, 0.25) is 0 Å². The minimum atomic E-state index is -3.58. The number of thioether (sulfide) groups is 1. The van der Waals surface area contributed by atoms with Crippen molar-refractivity contribution < 1.29 is 13.5 Å². The van der Waals surface area contributed by atoms with Gasteiger partial charge in [0, 0.05) is 24.4 Å². The van der Waals surface area contributed by atoms with Gasteiger partial charge in [-0.2, -0.15) is 11.8 Å². The molecule has 124 valence electrons. The number of benzene rings is 1. The highest BCUT2D eigenvalue weighted by atomic mass is 32.2. The summed E-state index contributed by atoms with van der Waals surface area (Å²) in [6.07, 6.45) is 2.61. The van der Waals surface area contributed by atoms with Crippen molar-refractivity contribution in [1.82, 2.24) is 9.62 Å². The Morgan fingerprint density at radius 1 is 1.45 bits per heavy atom. The van der Waals surface area contributed by atoms with E-state index in [-0.39, 0.29) is 17.9 Å². The standard InChI is InChI=1S/C15H24N2O3S2/c1-11(14(10-18)21-3)16-22(19,20)15-6-4-5-12-9-17(2)8-7-13(12)15/h4-6,11,14,16,18H,7-10H2,1-3H3. The number of nitrogens with one attached hydrogen (secondary N) is 1. The molecule has 0 spiro atoms. The summed E-state index contributed by atoms with van der Waals surface area (Å²) in [5.41, 5.74) is 2.00. The number of aliphatic hydroxyl groups excluding tert-OH is 1. The number of sulfonamides is 1. The lowest BCUT2D eigenvalue weighted by Crippen LogP contribution is -2.41. The Hall–Kier alpha value is -0.600. The van der Waals surface area contributed by atoms with Crippen LogP contribution < -0.4 is 4.72 Å². The predicted molar refractivity (Wildman–Crippen MR) is 90.7 cm³/mol. The van der Waals surface area contributed by atoms with Crippen LogP contribution in [0.15, 0.2) is 23.1 Å². The zero-order chi connectivity index (χ0) is 16.3. The number of rotatable bonds is 6. The molecular formula is C15H24N2O3S2. The molecule has 2 N–H and O–H groups in total. The van der Waals surface area contributed by atoms with Gasteiger partial charge >= 0.3 is 0 Å². The lowest BCUT2D eigenvalue weighted by molar-refractivity contribution is 0.282.